The second-order valence-corrected chi connectivity index (χ2v) is 6.87. The number of piperazine rings is 1. The Hall–Kier alpha value is -1.75. The van der Waals surface area contributed by atoms with Gasteiger partial charge < -0.3 is 19.7 Å². The van der Waals surface area contributed by atoms with Crippen LogP contribution in [0.2, 0.25) is 0 Å². The topological polar surface area (TPSA) is 50.8 Å². The zero-order chi connectivity index (χ0) is 16.0. The summed E-state index contributed by atoms with van der Waals surface area (Å²) in [5.41, 5.74) is 1.20. The lowest BCUT2D eigenvalue weighted by atomic mass is 10.0. The van der Waals surface area contributed by atoms with Gasteiger partial charge in [-0.15, -0.1) is 0 Å². The fourth-order valence-corrected chi connectivity index (χ4v) is 3.71. The number of amides is 1. The first-order valence-corrected chi connectivity index (χ1v) is 8.58. The van der Waals surface area contributed by atoms with E-state index in [9.17, 15) is 4.79 Å². The van der Waals surface area contributed by atoms with Crippen LogP contribution >= 0.6 is 0 Å². The highest BCUT2D eigenvalue weighted by Crippen LogP contribution is 2.50. The van der Waals surface area contributed by atoms with Crippen molar-refractivity contribution in [1.82, 2.24) is 10.2 Å². The largest absolute Gasteiger partial charge is 0.486 e. The maximum absolute atomic E-state index is 12.8. The molecule has 4 atom stereocenters. The minimum Gasteiger partial charge on any atom is -0.486 e. The average molecular weight is 316 g/mol. The predicted molar refractivity (Wildman–Crippen MR) is 86.9 cm³/mol. The van der Waals surface area contributed by atoms with E-state index in [-0.39, 0.29) is 12.0 Å². The van der Waals surface area contributed by atoms with Crippen LogP contribution in [0.5, 0.6) is 11.5 Å². The first-order valence-electron chi connectivity index (χ1n) is 8.58. The Balaban J connectivity index is 1.46. The summed E-state index contributed by atoms with van der Waals surface area (Å²) in [5, 5.41) is 3.43. The van der Waals surface area contributed by atoms with Gasteiger partial charge in [0.15, 0.2) is 11.5 Å². The molecule has 1 amide bonds. The van der Waals surface area contributed by atoms with Gasteiger partial charge in [-0.25, -0.2) is 0 Å². The Morgan fingerprint density at radius 2 is 2.00 bits per heavy atom. The van der Waals surface area contributed by atoms with Crippen LogP contribution in [0.15, 0.2) is 18.2 Å². The lowest BCUT2D eigenvalue weighted by molar-refractivity contribution is -0.136. The molecule has 124 valence electrons. The van der Waals surface area contributed by atoms with Gasteiger partial charge in [0.2, 0.25) is 5.91 Å². The van der Waals surface area contributed by atoms with E-state index in [0.29, 0.717) is 31.1 Å². The summed E-state index contributed by atoms with van der Waals surface area (Å²) in [5.74, 6) is 2.40. The van der Waals surface area contributed by atoms with Crippen molar-refractivity contribution in [2.45, 2.75) is 38.3 Å². The molecule has 1 saturated heterocycles. The van der Waals surface area contributed by atoms with Gasteiger partial charge in [-0.05, 0) is 43.9 Å². The number of carbonyl (C=O) groups excluding carboxylic acids is 1. The SMILES string of the molecule is CC1NCCN(C(=O)C2CC2c2ccc3c(c2)OCCO3)C1C. The molecule has 5 heteroatoms. The van der Waals surface area contributed by atoms with Gasteiger partial charge in [0.25, 0.3) is 0 Å². The quantitative estimate of drug-likeness (QED) is 0.903. The van der Waals surface area contributed by atoms with Crippen molar-refractivity contribution in [1.29, 1.82) is 0 Å². The maximum Gasteiger partial charge on any atom is 0.226 e. The van der Waals surface area contributed by atoms with Crippen LogP contribution < -0.4 is 14.8 Å². The third kappa shape index (κ3) is 2.67. The third-order valence-corrected chi connectivity index (χ3v) is 5.42. The number of nitrogens with zero attached hydrogens (tertiary/aromatic N) is 1. The minimum absolute atomic E-state index is 0.130. The summed E-state index contributed by atoms with van der Waals surface area (Å²) in [6, 6.07) is 6.72. The molecule has 1 saturated carbocycles. The van der Waals surface area contributed by atoms with Crippen LogP contribution in [-0.4, -0.2) is 49.2 Å². The van der Waals surface area contributed by atoms with E-state index < -0.39 is 0 Å². The molecule has 2 heterocycles. The van der Waals surface area contributed by atoms with E-state index in [0.717, 1.165) is 31.0 Å². The lowest BCUT2D eigenvalue weighted by Gasteiger charge is -2.39. The number of fused-ring (bicyclic) bond motifs is 1. The van der Waals surface area contributed by atoms with Crippen molar-refractivity contribution in [2.24, 2.45) is 5.92 Å². The summed E-state index contributed by atoms with van der Waals surface area (Å²) >= 11 is 0. The molecule has 23 heavy (non-hydrogen) atoms. The first kappa shape index (κ1) is 14.8. The first-order chi connectivity index (χ1) is 11.1. The van der Waals surface area contributed by atoms with Crippen LogP contribution in [0.4, 0.5) is 0 Å². The molecule has 0 radical (unpaired) electrons. The average Bonchev–Trinajstić information content (AvgIpc) is 3.37. The van der Waals surface area contributed by atoms with Crippen molar-refractivity contribution in [3.8, 4) is 11.5 Å². The summed E-state index contributed by atoms with van der Waals surface area (Å²) < 4.78 is 11.2. The van der Waals surface area contributed by atoms with Crippen molar-refractivity contribution in [2.75, 3.05) is 26.3 Å². The van der Waals surface area contributed by atoms with E-state index in [4.69, 9.17) is 9.47 Å². The van der Waals surface area contributed by atoms with Crippen LogP contribution in [0.25, 0.3) is 0 Å². The monoisotopic (exact) mass is 316 g/mol. The van der Waals surface area contributed by atoms with Gasteiger partial charge in [0, 0.05) is 31.1 Å². The molecule has 3 aliphatic rings. The van der Waals surface area contributed by atoms with E-state index >= 15 is 0 Å². The number of hydrogen-bond acceptors (Lipinski definition) is 4. The minimum atomic E-state index is 0.130. The number of ether oxygens (including phenoxy) is 2. The Kier molecular flexibility index (Phi) is 3.68. The molecule has 0 bridgehead atoms. The van der Waals surface area contributed by atoms with Gasteiger partial charge in [-0.2, -0.15) is 0 Å². The lowest BCUT2D eigenvalue weighted by Crippen LogP contribution is -2.57. The summed E-state index contributed by atoms with van der Waals surface area (Å²) in [6.45, 7) is 7.19. The van der Waals surface area contributed by atoms with Crippen LogP contribution in [0, 0.1) is 5.92 Å². The Labute approximate surface area is 136 Å². The van der Waals surface area contributed by atoms with Gasteiger partial charge in [-0.3, -0.25) is 4.79 Å². The molecule has 2 fully saturated rings. The fourth-order valence-electron chi connectivity index (χ4n) is 3.71. The molecule has 1 aliphatic carbocycles. The Bertz CT molecular complexity index is 618. The standard InChI is InChI=1S/C18H24N2O3/c1-11-12(2)20(6-5-19-11)18(21)15-10-14(15)13-3-4-16-17(9-13)23-8-7-22-16/h3-4,9,11-12,14-15,19H,5-8,10H2,1-2H3. The molecule has 4 rings (SSSR count). The number of carbonyl (C=O) groups is 1. The second-order valence-electron chi connectivity index (χ2n) is 6.87. The smallest absolute Gasteiger partial charge is 0.226 e. The molecule has 4 unspecified atom stereocenters. The van der Waals surface area contributed by atoms with Gasteiger partial charge >= 0.3 is 0 Å². The van der Waals surface area contributed by atoms with E-state index in [1.54, 1.807) is 0 Å². The molecule has 0 spiro atoms. The normalized spacial score (nSPS) is 32.5. The molecule has 1 aromatic rings. The van der Waals surface area contributed by atoms with Crippen molar-refractivity contribution in [3.05, 3.63) is 23.8 Å². The predicted octanol–water partition coefficient (Wildman–Crippen LogP) is 1.77. The third-order valence-electron chi connectivity index (χ3n) is 5.42. The van der Waals surface area contributed by atoms with Crippen molar-refractivity contribution >= 4 is 5.91 Å². The van der Waals surface area contributed by atoms with E-state index in [1.807, 2.05) is 6.07 Å². The van der Waals surface area contributed by atoms with Gasteiger partial charge in [-0.1, -0.05) is 6.07 Å². The maximum atomic E-state index is 12.8. The molecule has 2 aliphatic heterocycles. The number of hydrogen-bond donors (Lipinski definition) is 1. The fraction of sp³-hybridized carbons (Fsp3) is 0.611. The highest BCUT2D eigenvalue weighted by atomic mass is 16.6. The Morgan fingerprint density at radius 1 is 1.22 bits per heavy atom. The highest BCUT2D eigenvalue weighted by molar-refractivity contribution is 5.83. The molecule has 1 N–H and O–H groups in total. The summed E-state index contributed by atoms with van der Waals surface area (Å²) in [6.07, 6.45) is 0.948. The highest BCUT2D eigenvalue weighted by Gasteiger charge is 2.47. The van der Waals surface area contributed by atoms with Crippen molar-refractivity contribution < 1.29 is 14.3 Å². The molecular weight excluding hydrogens is 292 g/mol. The molecule has 5 nitrogen and oxygen atoms in total. The van der Waals surface area contributed by atoms with Crippen LogP contribution in [-0.2, 0) is 4.79 Å². The zero-order valence-electron chi connectivity index (χ0n) is 13.7. The van der Waals surface area contributed by atoms with Gasteiger partial charge in [0.05, 0.1) is 0 Å². The Morgan fingerprint density at radius 3 is 2.83 bits per heavy atom. The zero-order valence-corrected chi connectivity index (χ0v) is 13.7. The molecular formula is C18H24N2O3. The summed E-state index contributed by atoms with van der Waals surface area (Å²) in [7, 11) is 0. The van der Waals surface area contributed by atoms with E-state index in [1.165, 1.54) is 5.56 Å². The number of benzene rings is 1. The van der Waals surface area contributed by atoms with Gasteiger partial charge in [0.1, 0.15) is 13.2 Å². The van der Waals surface area contributed by atoms with Crippen LogP contribution in [0.3, 0.4) is 0 Å². The molecule has 1 aromatic carbocycles. The summed E-state index contributed by atoms with van der Waals surface area (Å²) in [4.78, 5) is 14.9. The molecule has 0 aromatic heterocycles. The number of rotatable bonds is 2. The number of nitrogens with one attached hydrogen (secondary N) is 1. The second kappa shape index (κ2) is 5.71. The van der Waals surface area contributed by atoms with E-state index in [2.05, 4.69) is 36.2 Å². The van der Waals surface area contributed by atoms with Crippen molar-refractivity contribution in [3.63, 3.8) is 0 Å². The van der Waals surface area contributed by atoms with Crippen LogP contribution in [0.1, 0.15) is 31.7 Å².